The van der Waals surface area contributed by atoms with Crippen molar-refractivity contribution in [2.45, 2.75) is 52.5 Å². The molecule has 0 fully saturated rings. The third-order valence-corrected chi connectivity index (χ3v) is 6.48. The molecule has 0 aliphatic carbocycles. The summed E-state index contributed by atoms with van der Waals surface area (Å²) in [5, 5.41) is 0.676. The number of aromatic nitrogens is 1. The molecule has 0 saturated heterocycles. The van der Waals surface area contributed by atoms with E-state index in [2.05, 4.69) is 4.98 Å². The summed E-state index contributed by atoms with van der Waals surface area (Å²) in [6.07, 6.45) is -3.75. The summed E-state index contributed by atoms with van der Waals surface area (Å²) in [6, 6.07) is 12.5. The van der Waals surface area contributed by atoms with E-state index in [0.717, 1.165) is 28.3 Å². The molecule has 1 aromatic heterocycles. The number of esters is 1. The Labute approximate surface area is 206 Å². The molecule has 0 amide bonds. The summed E-state index contributed by atoms with van der Waals surface area (Å²) in [6.45, 7) is 7.89. The predicted molar refractivity (Wildman–Crippen MR) is 128 cm³/mol. The number of benzene rings is 2. The van der Waals surface area contributed by atoms with Crippen LogP contribution < -0.4 is 4.74 Å². The van der Waals surface area contributed by atoms with E-state index in [9.17, 15) is 18.0 Å². The quantitative estimate of drug-likeness (QED) is 0.289. The van der Waals surface area contributed by atoms with Crippen LogP contribution >= 0.6 is 11.3 Å². The molecule has 0 spiro atoms. The summed E-state index contributed by atoms with van der Waals surface area (Å²) in [5.74, 6) is 0.258. The Morgan fingerprint density at radius 2 is 1.80 bits per heavy atom. The summed E-state index contributed by atoms with van der Waals surface area (Å²) < 4.78 is 55.1. The number of alkyl halides is 3. The highest BCUT2D eigenvalue weighted by molar-refractivity contribution is 7.15. The Bertz CT molecular complexity index is 1140. The number of rotatable bonds is 10. The summed E-state index contributed by atoms with van der Waals surface area (Å²) >= 11 is 1.45. The normalized spacial score (nSPS) is 12.0. The molecule has 2 aromatic carbocycles. The Hall–Kier alpha value is -2.91. The van der Waals surface area contributed by atoms with Crippen LogP contribution in [0.4, 0.5) is 13.2 Å². The largest absolute Gasteiger partial charge is 0.493 e. The first-order valence-electron chi connectivity index (χ1n) is 11.2. The van der Waals surface area contributed by atoms with Crippen LogP contribution in [0, 0.1) is 6.92 Å². The second-order valence-electron chi connectivity index (χ2n) is 8.37. The molecule has 0 saturated carbocycles. The lowest BCUT2D eigenvalue weighted by molar-refractivity contribution is -0.169. The van der Waals surface area contributed by atoms with E-state index in [-0.39, 0.29) is 6.61 Å². The van der Waals surface area contributed by atoms with E-state index >= 15 is 0 Å². The summed E-state index contributed by atoms with van der Waals surface area (Å²) in [7, 11) is 0. The number of carbonyl (C=O) groups excluding carboxylic acids is 1. The average molecular weight is 508 g/mol. The standard InChI is InChI=1S/C26H28F3NO4S/c1-5-32-24(31)25(3,4)34-16-18-7-6-8-21(15-18)33-14-13-22-17(2)30-23(35-22)19-9-11-20(12-10-19)26(27,28)29/h6-12,15H,5,13-14,16H2,1-4H3. The average Bonchev–Trinajstić information content (AvgIpc) is 3.18. The summed E-state index contributed by atoms with van der Waals surface area (Å²) in [4.78, 5) is 17.5. The van der Waals surface area contributed by atoms with Crippen molar-refractivity contribution < 1.29 is 32.2 Å². The second-order valence-corrected chi connectivity index (χ2v) is 9.45. The van der Waals surface area contributed by atoms with Gasteiger partial charge in [-0.25, -0.2) is 9.78 Å². The molecular weight excluding hydrogens is 479 g/mol. The van der Waals surface area contributed by atoms with Gasteiger partial charge in [-0.3, -0.25) is 0 Å². The fourth-order valence-electron chi connectivity index (χ4n) is 3.20. The van der Waals surface area contributed by atoms with Gasteiger partial charge in [0.25, 0.3) is 0 Å². The number of aryl methyl sites for hydroxylation is 1. The van der Waals surface area contributed by atoms with Gasteiger partial charge in [0.05, 0.1) is 31.1 Å². The Morgan fingerprint density at radius 1 is 1.09 bits per heavy atom. The van der Waals surface area contributed by atoms with Gasteiger partial charge in [-0.2, -0.15) is 13.2 Å². The molecule has 0 aliphatic rings. The van der Waals surface area contributed by atoms with Crippen molar-refractivity contribution >= 4 is 17.3 Å². The predicted octanol–water partition coefficient (Wildman–Crippen LogP) is 6.62. The number of nitrogens with zero attached hydrogens (tertiary/aromatic N) is 1. The number of halogens is 3. The highest BCUT2D eigenvalue weighted by Crippen LogP contribution is 2.33. The van der Waals surface area contributed by atoms with Crippen LogP contribution in [0.15, 0.2) is 48.5 Å². The van der Waals surface area contributed by atoms with Gasteiger partial charge in [-0.1, -0.05) is 24.3 Å². The number of ether oxygens (including phenoxy) is 3. The summed E-state index contributed by atoms with van der Waals surface area (Å²) in [5.41, 5.74) is 0.605. The van der Waals surface area contributed by atoms with Crippen LogP contribution in [0.25, 0.3) is 10.6 Å². The molecule has 5 nitrogen and oxygen atoms in total. The van der Waals surface area contributed by atoms with Crippen molar-refractivity contribution in [3.8, 4) is 16.3 Å². The smallest absolute Gasteiger partial charge is 0.416 e. The number of carbonyl (C=O) groups is 1. The number of thiazole rings is 1. The molecule has 3 aromatic rings. The molecule has 0 aliphatic heterocycles. The number of hydrogen-bond acceptors (Lipinski definition) is 6. The Kier molecular flexibility index (Phi) is 8.56. The van der Waals surface area contributed by atoms with Crippen LogP contribution in [-0.4, -0.2) is 29.8 Å². The molecule has 3 rings (SSSR count). The third kappa shape index (κ3) is 7.29. The van der Waals surface area contributed by atoms with E-state index in [0.29, 0.717) is 36.0 Å². The van der Waals surface area contributed by atoms with Crippen molar-refractivity contribution in [3.63, 3.8) is 0 Å². The van der Waals surface area contributed by atoms with Crippen LogP contribution in [0.2, 0.25) is 0 Å². The fourth-order valence-corrected chi connectivity index (χ4v) is 4.25. The minimum Gasteiger partial charge on any atom is -0.493 e. The van der Waals surface area contributed by atoms with Crippen molar-refractivity contribution in [1.29, 1.82) is 0 Å². The van der Waals surface area contributed by atoms with Gasteiger partial charge in [-0.15, -0.1) is 11.3 Å². The zero-order valence-corrected chi connectivity index (χ0v) is 20.9. The molecule has 0 atom stereocenters. The maximum atomic E-state index is 12.8. The molecule has 1 heterocycles. The fraction of sp³-hybridized carbons (Fsp3) is 0.385. The molecule has 35 heavy (non-hydrogen) atoms. The zero-order valence-electron chi connectivity index (χ0n) is 20.1. The van der Waals surface area contributed by atoms with E-state index < -0.39 is 23.3 Å². The minimum atomic E-state index is -4.36. The van der Waals surface area contributed by atoms with Crippen molar-refractivity contribution in [3.05, 3.63) is 70.2 Å². The maximum absolute atomic E-state index is 12.8. The van der Waals surface area contributed by atoms with Gasteiger partial charge in [0.1, 0.15) is 10.8 Å². The van der Waals surface area contributed by atoms with Gasteiger partial charge >= 0.3 is 12.1 Å². The SMILES string of the molecule is CCOC(=O)C(C)(C)OCc1cccc(OCCc2sc(-c3ccc(C(F)(F)F)cc3)nc2C)c1. The lowest BCUT2D eigenvalue weighted by atomic mass is 10.1. The van der Waals surface area contributed by atoms with Crippen LogP contribution in [0.3, 0.4) is 0 Å². The topological polar surface area (TPSA) is 57.7 Å². The third-order valence-electron chi connectivity index (χ3n) is 5.21. The minimum absolute atomic E-state index is 0.230. The Morgan fingerprint density at radius 3 is 2.46 bits per heavy atom. The maximum Gasteiger partial charge on any atom is 0.416 e. The van der Waals surface area contributed by atoms with Gasteiger partial charge < -0.3 is 14.2 Å². The molecule has 0 N–H and O–H groups in total. The Balaban J connectivity index is 1.56. The molecule has 0 radical (unpaired) electrons. The highest BCUT2D eigenvalue weighted by Gasteiger charge is 2.31. The van der Waals surface area contributed by atoms with Gasteiger partial charge in [0.15, 0.2) is 5.60 Å². The lowest BCUT2D eigenvalue weighted by Crippen LogP contribution is -2.36. The molecule has 188 valence electrons. The van der Waals surface area contributed by atoms with Gasteiger partial charge in [0.2, 0.25) is 0 Å². The molecule has 0 unspecified atom stereocenters. The van der Waals surface area contributed by atoms with E-state index in [1.165, 1.54) is 23.5 Å². The zero-order chi connectivity index (χ0) is 25.6. The first-order chi connectivity index (χ1) is 16.5. The first-order valence-corrected chi connectivity index (χ1v) is 12.0. The molecule has 9 heteroatoms. The molecule has 0 bridgehead atoms. The monoisotopic (exact) mass is 507 g/mol. The van der Waals surface area contributed by atoms with E-state index in [1.54, 1.807) is 20.8 Å². The highest BCUT2D eigenvalue weighted by atomic mass is 32.1. The van der Waals surface area contributed by atoms with Crippen LogP contribution in [0.1, 0.15) is 42.5 Å². The van der Waals surface area contributed by atoms with Crippen LogP contribution in [-0.2, 0) is 33.5 Å². The first kappa shape index (κ1) is 26.7. The van der Waals surface area contributed by atoms with Crippen molar-refractivity contribution in [2.75, 3.05) is 13.2 Å². The van der Waals surface area contributed by atoms with Crippen molar-refractivity contribution in [2.24, 2.45) is 0 Å². The van der Waals surface area contributed by atoms with Crippen LogP contribution in [0.5, 0.6) is 5.75 Å². The van der Waals surface area contributed by atoms with Crippen molar-refractivity contribution in [1.82, 2.24) is 4.98 Å². The van der Waals surface area contributed by atoms with Gasteiger partial charge in [0, 0.05) is 16.9 Å². The number of hydrogen-bond donors (Lipinski definition) is 0. The lowest BCUT2D eigenvalue weighted by Gasteiger charge is -2.23. The molecular formula is C26H28F3NO4S. The van der Waals surface area contributed by atoms with Gasteiger partial charge in [-0.05, 0) is 57.5 Å². The van der Waals surface area contributed by atoms with E-state index in [1.807, 2.05) is 31.2 Å². The van der Waals surface area contributed by atoms with E-state index in [4.69, 9.17) is 14.2 Å². The second kappa shape index (κ2) is 11.2.